The van der Waals surface area contributed by atoms with Crippen LogP contribution in [-0.4, -0.2) is 36.5 Å². The van der Waals surface area contributed by atoms with E-state index < -0.39 is 0 Å². The van der Waals surface area contributed by atoms with E-state index in [-0.39, 0.29) is 0 Å². The Labute approximate surface area is 135 Å². The first-order chi connectivity index (χ1) is 10.1. The molecule has 120 valence electrons. The Morgan fingerprint density at radius 2 is 1.86 bits per heavy atom. The predicted molar refractivity (Wildman–Crippen MR) is 96.9 cm³/mol. The molecule has 0 fully saturated rings. The van der Waals surface area contributed by atoms with Gasteiger partial charge in [0.25, 0.3) is 0 Å². The van der Waals surface area contributed by atoms with Crippen LogP contribution in [0.3, 0.4) is 0 Å². The van der Waals surface area contributed by atoms with E-state index in [1.165, 1.54) is 23.3 Å². The van der Waals surface area contributed by atoms with Gasteiger partial charge in [-0.15, -0.1) is 0 Å². The van der Waals surface area contributed by atoms with Gasteiger partial charge in [-0.25, -0.2) is 0 Å². The topological polar surface area (TPSA) is 15.3 Å². The lowest BCUT2D eigenvalue weighted by Crippen LogP contribution is -2.33. The zero-order chi connectivity index (χ0) is 15.7. The molecule has 0 spiro atoms. The molecule has 0 radical (unpaired) electrons. The molecular weight excluding hydrogens is 276 g/mol. The lowest BCUT2D eigenvalue weighted by molar-refractivity contribution is 0.247. The highest BCUT2D eigenvalue weighted by Crippen LogP contribution is 2.15. The van der Waals surface area contributed by atoms with Crippen LogP contribution in [0.15, 0.2) is 24.3 Å². The average molecular weight is 309 g/mol. The van der Waals surface area contributed by atoms with Gasteiger partial charge in [-0.3, -0.25) is 4.90 Å². The van der Waals surface area contributed by atoms with Crippen molar-refractivity contribution < 1.29 is 0 Å². The van der Waals surface area contributed by atoms with E-state index in [0.717, 1.165) is 19.6 Å². The normalized spacial score (nSPS) is 13.1. The predicted octanol–water partition coefficient (Wildman–Crippen LogP) is 4.01. The highest BCUT2D eigenvalue weighted by atomic mass is 32.2. The zero-order valence-electron chi connectivity index (χ0n) is 14.4. The molecule has 0 heterocycles. The standard InChI is InChI=1S/C18H32N2S/c1-6-18(14-21-5)20(4)13-17-10-8-7-9-16(17)12-19-11-15(2)3/h7-10,15,18-19H,6,11-14H2,1-5H3. The Morgan fingerprint density at radius 1 is 1.19 bits per heavy atom. The molecule has 0 aliphatic rings. The molecule has 1 unspecified atom stereocenters. The maximum Gasteiger partial charge on any atom is 0.0237 e. The van der Waals surface area contributed by atoms with Gasteiger partial charge >= 0.3 is 0 Å². The summed E-state index contributed by atoms with van der Waals surface area (Å²) in [5, 5.41) is 3.56. The van der Waals surface area contributed by atoms with Crippen molar-refractivity contribution in [2.45, 2.75) is 46.3 Å². The summed E-state index contributed by atoms with van der Waals surface area (Å²) >= 11 is 1.94. The fourth-order valence-corrected chi connectivity index (χ4v) is 3.40. The van der Waals surface area contributed by atoms with Gasteiger partial charge in [-0.05, 0) is 43.3 Å². The van der Waals surface area contributed by atoms with Crippen molar-refractivity contribution in [2.24, 2.45) is 5.92 Å². The van der Waals surface area contributed by atoms with E-state index in [2.05, 4.69) is 68.6 Å². The molecule has 0 amide bonds. The van der Waals surface area contributed by atoms with Crippen molar-refractivity contribution in [1.29, 1.82) is 0 Å². The summed E-state index contributed by atoms with van der Waals surface area (Å²) in [5.74, 6) is 1.91. The summed E-state index contributed by atoms with van der Waals surface area (Å²) in [6.07, 6.45) is 3.41. The second-order valence-electron chi connectivity index (χ2n) is 6.23. The van der Waals surface area contributed by atoms with Crippen molar-refractivity contribution in [3.8, 4) is 0 Å². The summed E-state index contributed by atoms with van der Waals surface area (Å²) in [6, 6.07) is 9.50. The van der Waals surface area contributed by atoms with Gasteiger partial charge in [0.2, 0.25) is 0 Å². The molecule has 1 atom stereocenters. The summed E-state index contributed by atoms with van der Waals surface area (Å²) in [6.45, 7) is 9.88. The average Bonchev–Trinajstić information content (AvgIpc) is 2.46. The molecule has 0 aromatic heterocycles. The highest BCUT2D eigenvalue weighted by molar-refractivity contribution is 7.98. The van der Waals surface area contributed by atoms with Crippen molar-refractivity contribution in [3.63, 3.8) is 0 Å². The molecule has 0 saturated heterocycles. The van der Waals surface area contributed by atoms with Crippen LogP contribution in [0, 0.1) is 5.92 Å². The summed E-state index contributed by atoms with van der Waals surface area (Å²) in [4.78, 5) is 2.50. The van der Waals surface area contributed by atoms with Crippen LogP contribution in [0.5, 0.6) is 0 Å². The quantitative estimate of drug-likeness (QED) is 0.703. The smallest absolute Gasteiger partial charge is 0.0237 e. The van der Waals surface area contributed by atoms with Gasteiger partial charge in [0, 0.05) is 24.9 Å². The first kappa shape index (κ1) is 18.5. The molecule has 21 heavy (non-hydrogen) atoms. The number of nitrogens with one attached hydrogen (secondary N) is 1. The third-order valence-electron chi connectivity index (χ3n) is 3.86. The van der Waals surface area contributed by atoms with Crippen molar-refractivity contribution in [2.75, 3.05) is 25.6 Å². The lowest BCUT2D eigenvalue weighted by Gasteiger charge is -2.27. The van der Waals surface area contributed by atoms with Crippen molar-refractivity contribution in [1.82, 2.24) is 10.2 Å². The Bertz CT molecular complexity index is 393. The summed E-state index contributed by atoms with van der Waals surface area (Å²) in [7, 11) is 2.25. The maximum absolute atomic E-state index is 3.56. The number of benzene rings is 1. The third-order valence-corrected chi connectivity index (χ3v) is 4.58. The Kier molecular flexibility index (Phi) is 9.05. The SMILES string of the molecule is CCC(CSC)N(C)Cc1ccccc1CNCC(C)C. The molecule has 0 aliphatic carbocycles. The molecule has 0 bridgehead atoms. The summed E-state index contributed by atoms with van der Waals surface area (Å²) in [5.41, 5.74) is 2.89. The Hall–Kier alpha value is -0.510. The Morgan fingerprint density at radius 3 is 2.43 bits per heavy atom. The van der Waals surface area contributed by atoms with Gasteiger partial charge in [0.1, 0.15) is 0 Å². The fourth-order valence-electron chi connectivity index (χ4n) is 2.53. The zero-order valence-corrected chi connectivity index (χ0v) is 15.2. The lowest BCUT2D eigenvalue weighted by atomic mass is 10.1. The number of hydrogen-bond donors (Lipinski definition) is 1. The van der Waals surface area contributed by atoms with Gasteiger partial charge < -0.3 is 5.32 Å². The number of hydrogen-bond acceptors (Lipinski definition) is 3. The largest absolute Gasteiger partial charge is 0.312 e. The Balaban J connectivity index is 2.65. The number of thioether (sulfide) groups is 1. The van der Waals surface area contributed by atoms with Crippen LogP contribution in [-0.2, 0) is 13.1 Å². The second-order valence-corrected chi connectivity index (χ2v) is 7.14. The van der Waals surface area contributed by atoms with Crippen LogP contribution in [0.4, 0.5) is 0 Å². The molecule has 1 N–H and O–H groups in total. The molecule has 3 heteroatoms. The van der Waals surface area contributed by atoms with E-state index >= 15 is 0 Å². The van der Waals surface area contributed by atoms with Crippen molar-refractivity contribution >= 4 is 11.8 Å². The van der Waals surface area contributed by atoms with E-state index in [4.69, 9.17) is 0 Å². The monoisotopic (exact) mass is 308 g/mol. The summed E-state index contributed by atoms with van der Waals surface area (Å²) < 4.78 is 0. The van der Waals surface area contributed by atoms with Crippen LogP contribution in [0.25, 0.3) is 0 Å². The van der Waals surface area contributed by atoms with Gasteiger partial charge in [-0.1, -0.05) is 45.0 Å². The van der Waals surface area contributed by atoms with E-state index in [9.17, 15) is 0 Å². The molecule has 0 aliphatic heterocycles. The molecule has 0 saturated carbocycles. The van der Waals surface area contributed by atoms with E-state index in [1.54, 1.807) is 0 Å². The van der Waals surface area contributed by atoms with Crippen LogP contribution in [0.2, 0.25) is 0 Å². The van der Waals surface area contributed by atoms with Gasteiger partial charge in [0.05, 0.1) is 0 Å². The number of nitrogens with zero attached hydrogens (tertiary/aromatic N) is 1. The minimum absolute atomic E-state index is 0.664. The first-order valence-corrected chi connectivity index (χ1v) is 9.44. The molecule has 1 rings (SSSR count). The van der Waals surface area contributed by atoms with E-state index in [0.29, 0.717) is 12.0 Å². The molecule has 1 aromatic carbocycles. The van der Waals surface area contributed by atoms with Gasteiger partial charge in [0.15, 0.2) is 0 Å². The highest BCUT2D eigenvalue weighted by Gasteiger charge is 2.13. The molecule has 2 nitrogen and oxygen atoms in total. The molecule has 1 aromatic rings. The number of rotatable bonds is 10. The third kappa shape index (κ3) is 6.86. The van der Waals surface area contributed by atoms with Gasteiger partial charge in [-0.2, -0.15) is 11.8 Å². The van der Waals surface area contributed by atoms with Crippen LogP contribution in [0.1, 0.15) is 38.3 Å². The maximum atomic E-state index is 3.56. The minimum atomic E-state index is 0.664. The van der Waals surface area contributed by atoms with Crippen LogP contribution < -0.4 is 5.32 Å². The first-order valence-electron chi connectivity index (χ1n) is 8.05. The fraction of sp³-hybridized carbons (Fsp3) is 0.667. The second kappa shape index (κ2) is 10.3. The van der Waals surface area contributed by atoms with Crippen molar-refractivity contribution in [3.05, 3.63) is 35.4 Å². The van der Waals surface area contributed by atoms with Crippen LogP contribution >= 0.6 is 11.8 Å². The molecular formula is C18H32N2S. The minimum Gasteiger partial charge on any atom is -0.312 e. The van der Waals surface area contributed by atoms with E-state index in [1.807, 2.05) is 11.8 Å².